The zero-order valence-electron chi connectivity index (χ0n) is 17.1. The molecule has 2 aromatic rings. The molecule has 1 aliphatic rings. The van der Waals surface area contributed by atoms with E-state index in [4.69, 9.17) is 4.74 Å². The van der Waals surface area contributed by atoms with Crippen molar-refractivity contribution in [2.45, 2.75) is 70.6 Å². The molecule has 1 N–H and O–H groups in total. The second-order valence-corrected chi connectivity index (χ2v) is 8.43. The lowest BCUT2D eigenvalue weighted by molar-refractivity contribution is 0.0498. The van der Waals surface area contributed by atoms with Crippen LogP contribution in [0, 0.1) is 11.6 Å². The van der Waals surface area contributed by atoms with Crippen molar-refractivity contribution in [3.05, 3.63) is 53.1 Å². The lowest BCUT2D eigenvalue weighted by Gasteiger charge is -2.23. The summed E-state index contributed by atoms with van der Waals surface area (Å²) in [6, 6.07) is 3.35. The van der Waals surface area contributed by atoms with E-state index in [1.165, 1.54) is 18.3 Å². The highest BCUT2D eigenvalue weighted by molar-refractivity contribution is 5.68. The van der Waals surface area contributed by atoms with Crippen molar-refractivity contribution in [1.82, 2.24) is 14.9 Å². The molecule has 3 rings (SSSR count). The number of nitrogens with zero attached hydrogens (tertiary/aromatic N) is 2. The van der Waals surface area contributed by atoms with Crippen LogP contribution in [0.25, 0.3) is 0 Å². The maximum Gasteiger partial charge on any atom is 0.408 e. The Hall–Kier alpha value is -2.58. The molecule has 0 saturated carbocycles. The summed E-state index contributed by atoms with van der Waals surface area (Å²) >= 11 is 0. The van der Waals surface area contributed by atoms with E-state index in [1.54, 1.807) is 25.3 Å². The number of halogens is 4. The Morgan fingerprint density at radius 2 is 2.03 bits per heavy atom. The fourth-order valence-corrected chi connectivity index (χ4v) is 3.72. The summed E-state index contributed by atoms with van der Waals surface area (Å²) < 4.78 is 61.2. The van der Waals surface area contributed by atoms with E-state index in [1.807, 2.05) is 0 Å². The van der Waals surface area contributed by atoms with E-state index in [2.05, 4.69) is 10.3 Å². The molecular weight excluding hydrogens is 402 g/mol. The SMILES string of the molecule is CC(C)(C)OC(=O)N[C@@H]1CC[C@@H](c2cccc(F)c2F)Cn2c(CC(F)F)cnc21. The van der Waals surface area contributed by atoms with Gasteiger partial charge in [-0.25, -0.2) is 27.3 Å². The summed E-state index contributed by atoms with van der Waals surface area (Å²) in [6.45, 7) is 5.34. The molecule has 1 amide bonds. The van der Waals surface area contributed by atoms with Gasteiger partial charge in [-0.2, -0.15) is 0 Å². The molecule has 1 aromatic heterocycles. The smallest absolute Gasteiger partial charge is 0.408 e. The number of carbonyl (C=O) groups is 1. The lowest BCUT2D eigenvalue weighted by Crippen LogP contribution is -2.35. The van der Waals surface area contributed by atoms with Crippen LogP contribution in [0.2, 0.25) is 0 Å². The lowest BCUT2D eigenvalue weighted by atomic mass is 9.93. The molecule has 0 bridgehead atoms. The molecule has 0 aliphatic carbocycles. The molecule has 0 spiro atoms. The Bertz CT molecular complexity index is 908. The standard InChI is InChI=1S/C21H25F4N3O2/c1-21(2,3)30-20(29)27-16-8-7-12(14-5-4-6-15(22)18(14)25)11-28-13(9-17(23)24)10-26-19(16)28/h4-6,10,12,16-17H,7-9,11H2,1-3H3,(H,27,29)/t12-,16-/m1/s1. The quantitative estimate of drug-likeness (QED) is 0.690. The Morgan fingerprint density at radius 1 is 1.30 bits per heavy atom. The van der Waals surface area contributed by atoms with Gasteiger partial charge < -0.3 is 14.6 Å². The number of ether oxygens (including phenoxy) is 1. The van der Waals surface area contributed by atoms with Gasteiger partial charge in [-0.15, -0.1) is 0 Å². The molecule has 9 heteroatoms. The van der Waals surface area contributed by atoms with Crippen molar-refractivity contribution >= 4 is 6.09 Å². The molecule has 0 saturated heterocycles. The van der Waals surface area contributed by atoms with Crippen LogP contribution in [-0.4, -0.2) is 27.7 Å². The van der Waals surface area contributed by atoms with Gasteiger partial charge in [0.05, 0.1) is 12.5 Å². The first-order valence-corrected chi connectivity index (χ1v) is 9.81. The largest absolute Gasteiger partial charge is 0.444 e. The summed E-state index contributed by atoms with van der Waals surface area (Å²) in [5.41, 5.74) is -0.256. The van der Waals surface area contributed by atoms with E-state index < -0.39 is 48.1 Å². The van der Waals surface area contributed by atoms with Crippen LogP contribution in [0.5, 0.6) is 0 Å². The monoisotopic (exact) mass is 427 g/mol. The molecular formula is C21H25F4N3O2. The number of aromatic nitrogens is 2. The molecule has 2 heterocycles. The third kappa shape index (κ3) is 5.12. The highest BCUT2D eigenvalue weighted by Gasteiger charge is 2.31. The van der Waals surface area contributed by atoms with E-state index in [0.717, 1.165) is 6.07 Å². The van der Waals surface area contributed by atoms with E-state index in [9.17, 15) is 22.4 Å². The fourth-order valence-electron chi connectivity index (χ4n) is 3.72. The van der Waals surface area contributed by atoms with Gasteiger partial charge in [-0.3, -0.25) is 0 Å². The summed E-state index contributed by atoms with van der Waals surface area (Å²) in [5.74, 6) is -1.97. The van der Waals surface area contributed by atoms with Gasteiger partial charge in [0.2, 0.25) is 6.43 Å². The van der Waals surface area contributed by atoms with Crippen LogP contribution in [-0.2, 0) is 17.7 Å². The van der Waals surface area contributed by atoms with Gasteiger partial charge in [-0.05, 0) is 45.2 Å². The van der Waals surface area contributed by atoms with Gasteiger partial charge in [0.25, 0.3) is 0 Å². The Labute approximate surface area is 172 Å². The maximum absolute atomic E-state index is 14.4. The number of alkyl carbamates (subject to hydrolysis) is 1. The normalized spacial score (nSPS) is 19.3. The Kier molecular flexibility index (Phi) is 6.38. The zero-order valence-corrected chi connectivity index (χ0v) is 17.1. The number of hydrogen-bond donors (Lipinski definition) is 1. The van der Waals surface area contributed by atoms with E-state index in [0.29, 0.717) is 18.7 Å². The minimum atomic E-state index is -2.59. The predicted molar refractivity (Wildman–Crippen MR) is 102 cm³/mol. The first kappa shape index (κ1) is 22.1. The number of benzene rings is 1. The predicted octanol–water partition coefficient (Wildman–Crippen LogP) is 5.11. The van der Waals surface area contributed by atoms with Crippen LogP contribution < -0.4 is 5.32 Å². The van der Waals surface area contributed by atoms with Crippen LogP contribution in [0.1, 0.15) is 62.7 Å². The average molecular weight is 427 g/mol. The molecule has 0 fully saturated rings. The summed E-state index contributed by atoms with van der Waals surface area (Å²) in [5, 5.41) is 2.74. The van der Waals surface area contributed by atoms with Gasteiger partial charge in [0.1, 0.15) is 11.4 Å². The van der Waals surface area contributed by atoms with Gasteiger partial charge in [-0.1, -0.05) is 12.1 Å². The van der Waals surface area contributed by atoms with Gasteiger partial charge >= 0.3 is 6.09 Å². The third-order valence-corrected chi connectivity index (χ3v) is 4.96. The first-order valence-electron chi connectivity index (χ1n) is 9.81. The number of alkyl halides is 2. The minimum Gasteiger partial charge on any atom is -0.444 e. The number of rotatable bonds is 4. The van der Waals surface area contributed by atoms with Crippen molar-refractivity contribution < 1.29 is 27.1 Å². The third-order valence-electron chi connectivity index (χ3n) is 4.96. The molecule has 2 atom stereocenters. The van der Waals surface area contributed by atoms with Gasteiger partial charge in [0, 0.05) is 24.4 Å². The van der Waals surface area contributed by atoms with E-state index in [-0.39, 0.29) is 17.8 Å². The molecule has 5 nitrogen and oxygen atoms in total. The number of nitrogens with one attached hydrogen (secondary N) is 1. The number of hydrogen-bond acceptors (Lipinski definition) is 3. The molecule has 30 heavy (non-hydrogen) atoms. The first-order chi connectivity index (χ1) is 14.0. The van der Waals surface area contributed by atoms with Gasteiger partial charge in [0.15, 0.2) is 11.6 Å². The second-order valence-electron chi connectivity index (χ2n) is 8.43. The Balaban J connectivity index is 1.93. The van der Waals surface area contributed by atoms with E-state index >= 15 is 0 Å². The summed E-state index contributed by atoms with van der Waals surface area (Å²) in [7, 11) is 0. The Morgan fingerprint density at radius 3 is 2.70 bits per heavy atom. The molecule has 1 aliphatic heterocycles. The maximum atomic E-state index is 14.4. The fraction of sp³-hybridized carbons (Fsp3) is 0.524. The van der Waals surface area contributed by atoms with Crippen LogP contribution >= 0.6 is 0 Å². The molecule has 164 valence electrons. The molecule has 0 radical (unpaired) electrons. The number of fused-ring (bicyclic) bond motifs is 1. The van der Waals surface area contributed by atoms with Crippen LogP contribution in [0.3, 0.4) is 0 Å². The van der Waals surface area contributed by atoms with Crippen molar-refractivity contribution in [1.29, 1.82) is 0 Å². The zero-order chi connectivity index (χ0) is 22.1. The van der Waals surface area contributed by atoms with Crippen molar-refractivity contribution in [3.8, 4) is 0 Å². The van der Waals surface area contributed by atoms with Crippen LogP contribution in [0.4, 0.5) is 22.4 Å². The highest BCUT2D eigenvalue weighted by Crippen LogP contribution is 2.35. The van der Waals surface area contributed by atoms with Crippen molar-refractivity contribution in [2.24, 2.45) is 0 Å². The number of carbonyl (C=O) groups excluding carboxylic acids is 1. The second kappa shape index (κ2) is 8.65. The number of imidazole rings is 1. The highest BCUT2D eigenvalue weighted by atomic mass is 19.3. The number of amides is 1. The summed E-state index contributed by atoms with van der Waals surface area (Å²) in [6.07, 6.45) is -1.66. The summed E-state index contributed by atoms with van der Waals surface area (Å²) in [4.78, 5) is 16.5. The topological polar surface area (TPSA) is 56.1 Å². The van der Waals surface area contributed by atoms with Crippen LogP contribution in [0.15, 0.2) is 24.4 Å². The van der Waals surface area contributed by atoms with Crippen molar-refractivity contribution in [3.63, 3.8) is 0 Å². The minimum absolute atomic E-state index is 0.157. The van der Waals surface area contributed by atoms with Crippen molar-refractivity contribution in [2.75, 3.05) is 0 Å². The molecule has 0 unspecified atom stereocenters. The average Bonchev–Trinajstić information content (AvgIpc) is 2.90. The molecule has 1 aromatic carbocycles.